The van der Waals surface area contributed by atoms with E-state index in [1.54, 1.807) is 6.08 Å². The highest BCUT2D eigenvalue weighted by molar-refractivity contribution is 9.10. The van der Waals surface area contributed by atoms with Crippen LogP contribution in [0.5, 0.6) is 5.75 Å². The van der Waals surface area contributed by atoms with Crippen molar-refractivity contribution in [3.63, 3.8) is 0 Å². The predicted molar refractivity (Wildman–Crippen MR) is 91.1 cm³/mol. The molecule has 2 aromatic rings. The van der Waals surface area contributed by atoms with Crippen molar-refractivity contribution in [3.8, 4) is 5.75 Å². The average Bonchev–Trinajstić information content (AvgIpc) is 2.52. The zero-order valence-electron chi connectivity index (χ0n) is 12.0. The van der Waals surface area contributed by atoms with Crippen LogP contribution in [-0.4, -0.2) is 17.7 Å². The minimum Gasteiger partial charge on any atom is -0.492 e. The smallest absolute Gasteiger partial charge is 0.328 e. The molecule has 0 fully saturated rings. The Bertz CT molecular complexity index is 651. The summed E-state index contributed by atoms with van der Waals surface area (Å²) in [6.45, 7) is 0.637. The van der Waals surface area contributed by atoms with Crippen LogP contribution in [0, 0.1) is 0 Å². The number of rotatable bonds is 7. The molecule has 0 saturated heterocycles. The third-order valence-corrected chi connectivity index (χ3v) is 3.70. The van der Waals surface area contributed by atoms with E-state index in [1.807, 2.05) is 36.4 Å². The molecule has 2 aromatic carbocycles. The second-order valence-electron chi connectivity index (χ2n) is 4.80. The second-order valence-corrected chi connectivity index (χ2v) is 5.65. The largest absolute Gasteiger partial charge is 0.492 e. The molecule has 0 atom stereocenters. The van der Waals surface area contributed by atoms with Gasteiger partial charge in [0.2, 0.25) is 0 Å². The maximum Gasteiger partial charge on any atom is 0.328 e. The highest BCUT2D eigenvalue weighted by Gasteiger charge is 2.02. The Morgan fingerprint density at radius 3 is 2.64 bits per heavy atom. The lowest BCUT2D eigenvalue weighted by Crippen LogP contribution is -2.00. The third-order valence-electron chi connectivity index (χ3n) is 3.08. The number of halogens is 1. The van der Waals surface area contributed by atoms with Crippen molar-refractivity contribution >= 4 is 28.0 Å². The molecule has 0 saturated carbocycles. The van der Waals surface area contributed by atoms with E-state index in [0.29, 0.717) is 6.61 Å². The maximum absolute atomic E-state index is 10.5. The number of hydrogen-bond donors (Lipinski definition) is 1. The predicted octanol–water partition coefficient (Wildman–Crippen LogP) is 4.56. The number of hydrogen-bond acceptors (Lipinski definition) is 2. The number of carbonyl (C=O) groups is 1. The fraction of sp³-hybridized carbons (Fsp3) is 0.167. The molecule has 0 aromatic heterocycles. The molecule has 0 heterocycles. The summed E-state index contributed by atoms with van der Waals surface area (Å²) < 4.78 is 6.57. The summed E-state index contributed by atoms with van der Waals surface area (Å²) in [6.07, 6.45) is 4.59. The Hall–Kier alpha value is -2.07. The van der Waals surface area contributed by atoms with Crippen LogP contribution in [0.3, 0.4) is 0 Å². The van der Waals surface area contributed by atoms with Crippen LogP contribution in [0.1, 0.15) is 17.5 Å². The van der Waals surface area contributed by atoms with Gasteiger partial charge in [-0.1, -0.05) is 36.4 Å². The normalized spacial score (nSPS) is 10.8. The van der Waals surface area contributed by atoms with Gasteiger partial charge in [0.25, 0.3) is 0 Å². The van der Waals surface area contributed by atoms with E-state index in [4.69, 9.17) is 9.84 Å². The number of carboxylic acid groups (broad SMARTS) is 1. The van der Waals surface area contributed by atoms with Gasteiger partial charge in [-0.2, -0.15) is 0 Å². The van der Waals surface area contributed by atoms with Gasteiger partial charge in [-0.15, -0.1) is 0 Å². The van der Waals surface area contributed by atoms with Gasteiger partial charge in [0, 0.05) is 6.08 Å². The Kier molecular flexibility index (Phi) is 6.22. The lowest BCUT2D eigenvalue weighted by molar-refractivity contribution is -0.131. The molecular weight excluding hydrogens is 344 g/mol. The molecule has 0 aliphatic heterocycles. The Labute approximate surface area is 138 Å². The molecule has 0 amide bonds. The molecule has 3 nitrogen and oxygen atoms in total. The van der Waals surface area contributed by atoms with E-state index in [9.17, 15) is 4.79 Å². The first-order valence-electron chi connectivity index (χ1n) is 7.02. The number of aryl methyl sites for hydroxylation is 1. The van der Waals surface area contributed by atoms with E-state index < -0.39 is 5.97 Å². The van der Waals surface area contributed by atoms with Gasteiger partial charge in [0.05, 0.1) is 11.1 Å². The molecule has 0 unspecified atom stereocenters. The van der Waals surface area contributed by atoms with Crippen LogP contribution in [0.2, 0.25) is 0 Å². The van der Waals surface area contributed by atoms with E-state index >= 15 is 0 Å². The van der Waals surface area contributed by atoms with Crippen molar-refractivity contribution in [2.45, 2.75) is 12.8 Å². The molecule has 22 heavy (non-hydrogen) atoms. The number of ether oxygens (including phenoxy) is 1. The van der Waals surface area contributed by atoms with Crippen molar-refractivity contribution < 1.29 is 14.6 Å². The highest BCUT2D eigenvalue weighted by atomic mass is 79.9. The summed E-state index contributed by atoms with van der Waals surface area (Å²) >= 11 is 3.44. The lowest BCUT2D eigenvalue weighted by atomic mass is 10.1. The Morgan fingerprint density at radius 1 is 1.18 bits per heavy atom. The molecule has 0 aliphatic rings. The van der Waals surface area contributed by atoms with Crippen LogP contribution >= 0.6 is 15.9 Å². The molecule has 0 spiro atoms. The molecule has 0 aliphatic carbocycles. The van der Waals surface area contributed by atoms with Crippen LogP contribution in [0.25, 0.3) is 6.08 Å². The van der Waals surface area contributed by atoms with Gasteiger partial charge >= 0.3 is 5.97 Å². The van der Waals surface area contributed by atoms with E-state index in [1.165, 1.54) is 5.56 Å². The summed E-state index contributed by atoms with van der Waals surface area (Å²) in [5.41, 5.74) is 2.12. The molecule has 1 N–H and O–H groups in total. The van der Waals surface area contributed by atoms with Crippen LogP contribution in [0.4, 0.5) is 0 Å². The minimum atomic E-state index is -0.961. The van der Waals surface area contributed by atoms with Crippen molar-refractivity contribution in [1.29, 1.82) is 0 Å². The Balaban J connectivity index is 1.84. The summed E-state index contributed by atoms with van der Waals surface area (Å²) in [6, 6.07) is 15.8. The minimum absolute atomic E-state index is 0.637. The van der Waals surface area contributed by atoms with Gasteiger partial charge in [0.15, 0.2) is 0 Å². The quantitative estimate of drug-likeness (QED) is 0.581. The fourth-order valence-electron chi connectivity index (χ4n) is 2.01. The highest BCUT2D eigenvalue weighted by Crippen LogP contribution is 2.26. The van der Waals surface area contributed by atoms with E-state index in [2.05, 4.69) is 28.1 Å². The van der Waals surface area contributed by atoms with Gasteiger partial charge < -0.3 is 9.84 Å². The molecular formula is C18H17BrO3. The Morgan fingerprint density at radius 2 is 1.95 bits per heavy atom. The van der Waals surface area contributed by atoms with Crippen molar-refractivity contribution in [2.24, 2.45) is 0 Å². The third kappa shape index (κ3) is 5.37. The maximum atomic E-state index is 10.5. The number of aliphatic carboxylic acids is 1. The summed E-state index contributed by atoms with van der Waals surface area (Å²) in [5.74, 6) is -0.196. The monoisotopic (exact) mass is 360 g/mol. The topological polar surface area (TPSA) is 46.5 Å². The molecule has 114 valence electrons. The summed E-state index contributed by atoms with van der Waals surface area (Å²) in [4.78, 5) is 10.5. The van der Waals surface area contributed by atoms with Crippen molar-refractivity contribution in [1.82, 2.24) is 0 Å². The van der Waals surface area contributed by atoms with Gasteiger partial charge in [-0.25, -0.2) is 4.79 Å². The van der Waals surface area contributed by atoms with E-state index in [0.717, 1.165) is 34.7 Å². The second kappa shape index (κ2) is 8.39. The van der Waals surface area contributed by atoms with Crippen LogP contribution < -0.4 is 4.74 Å². The molecule has 2 rings (SSSR count). The van der Waals surface area contributed by atoms with Gasteiger partial charge in [-0.3, -0.25) is 0 Å². The lowest BCUT2D eigenvalue weighted by Gasteiger charge is -2.09. The average molecular weight is 361 g/mol. The zero-order valence-corrected chi connectivity index (χ0v) is 13.6. The molecule has 0 bridgehead atoms. The SMILES string of the molecule is O=C(O)/C=C/c1ccc(OCCCc2ccccc2)c(Br)c1. The molecule has 0 radical (unpaired) electrons. The van der Waals surface area contributed by atoms with E-state index in [-0.39, 0.29) is 0 Å². The number of benzene rings is 2. The fourth-order valence-corrected chi connectivity index (χ4v) is 2.52. The molecule has 4 heteroatoms. The van der Waals surface area contributed by atoms with Gasteiger partial charge in [0.1, 0.15) is 5.75 Å². The van der Waals surface area contributed by atoms with Crippen molar-refractivity contribution in [3.05, 3.63) is 70.2 Å². The first-order chi connectivity index (χ1) is 10.6. The van der Waals surface area contributed by atoms with Crippen LogP contribution in [-0.2, 0) is 11.2 Å². The zero-order chi connectivity index (χ0) is 15.8. The standard InChI is InChI=1S/C18H17BrO3/c19-16-13-15(9-11-18(20)21)8-10-17(16)22-12-4-7-14-5-2-1-3-6-14/h1-3,5-6,8-11,13H,4,7,12H2,(H,20,21)/b11-9+. The first kappa shape index (κ1) is 16.3. The summed E-state index contributed by atoms with van der Waals surface area (Å²) in [5, 5.41) is 8.61. The van der Waals surface area contributed by atoms with Crippen LogP contribution in [0.15, 0.2) is 59.1 Å². The first-order valence-corrected chi connectivity index (χ1v) is 7.82. The van der Waals surface area contributed by atoms with Crippen molar-refractivity contribution in [2.75, 3.05) is 6.61 Å². The summed E-state index contributed by atoms with van der Waals surface area (Å²) in [7, 11) is 0. The number of carboxylic acids is 1. The van der Waals surface area contributed by atoms with Gasteiger partial charge in [-0.05, 0) is 58.1 Å².